The number of rotatable bonds is 5. The van der Waals surface area contributed by atoms with Gasteiger partial charge >= 0.3 is 0 Å². The van der Waals surface area contributed by atoms with Crippen LogP contribution in [-0.4, -0.2) is 58.1 Å². The van der Waals surface area contributed by atoms with E-state index < -0.39 is 0 Å². The van der Waals surface area contributed by atoms with E-state index >= 15 is 0 Å². The minimum absolute atomic E-state index is 0.676. The number of piperazine rings is 1. The second-order valence-electron chi connectivity index (χ2n) is 5.43. The van der Waals surface area contributed by atoms with Crippen LogP contribution in [0.1, 0.15) is 18.5 Å². The van der Waals surface area contributed by atoms with Crippen molar-refractivity contribution in [3.63, 3.8) is 0 Å². The summed E-state index contributed by atoms with van der Waals surface area (Å²) in [7, 11) is 0. The molecule has 2 heterocycles. The lowest BCUT2D eigenvalue weighted by molar-refractivity contribution is 0.120. The molecule has 3 rings (SSSR count). The van der Waals surface area contributed by atoms with Gasteiger partial charge in [-0.1, -0.05) is 0 Å². The van der Waals surface area contributed by atoms with Crippen molar-refractivity contribution in [1.82, 2.24) is 19.4 Å². The molecule has 1 aromatic rings. The van der Waals surface area contributed by atoms with Gasteiger partial charge in [0.2, 0.25) is 0 Å². The zero-order chi connectivity index (χ0) is 12.4. The molecule has 2 N–H and O–H groups in total. The smallest absolute Gasteiger partial charge is 0.0950 e. The lowest BCUT2D eigenvalue weighted by Crippen LogP contribution is -2.46. The number of imidazole rings is 1. The van der Waals surface area contributed by atoms with Gasteiger partial charge in [0.15, 0.2) is 0 Å². The first-order valence-corrected chi connectivity index (χ1v) is 7.02. The summed E-state index contributed by atoms with van der Waals surface area (Å²) in [6.45, 7) is 7.34. The number of nitrogens with two attached hydrogens (primary N) is 1. The summed E-state index contributed by atoms with van der Waals surface area (Å²) < 4.78 is 2.08. The molecule has 5 heteroatoms. The Labute approximate surface area is 109 Å². The van der Waals surface area contributed by atoms with Crippen molar-refractivity contribution in [2.45, 2.75) is 32.0 Å². The summed E-state index contributed by atoms with van der Waals surface area (Å²) in [5.74, 6) is 0. The van der Waals surface area contributed by atoms with Gasteiger partial charge in [-0.05, 0) is 12.8 Å². The summed E-state index contributed by atoms with van der Waals surface area (Å²) in [4.78, 5) is 9.60. The maximum absolute atomic E-state index is 5.54. The monoisotopic (exact) mass is 249 g/mol. The van der Waals surface area contributed by atoms with Gasteiger partial charge in [0.25, 0.3) is 0 Å². The number of hydrogen-bond donors (Lipinski definition) is 1. The third-order valence-corrected chi connectivity index (χ3v) is 3.93. The molecule has 1 aliphatic heterocycles. The maximum Gasteiger partial charge on any atom is 0.0950 e. The van der Waals surface area contributed by atoms with Crippen LogP contribution in [0.3, 0.4) is 0 Å². The van der Waals surface area contributed by atoms with Crippen molar-refractivity contribution in [3.05, 3.63) is 18.2 Å². The molecule has 1 aliphatic carbocycles. The zero-order valence-electron chi connectivity index (χ0n) is 11.0. The van der Waals surface area contributed by atoms with Crippen LogP contribution in [0.15, 0.2) is 12.5 Å². The predicted octanol–water partition coefficient (Wildman–Crippen LogP) is 0.122. The van der Waals surface area contributed by atoms with Gasteiger partial charge in [-0.2, -0.15) is 0 Å². The highest BCUT2D eigenvalue weighted by Gasteiger charge is 2.31. The van der Waals surface area contributed by atoms with E-state index in [0.29, 0.717) is 6.54 Å². The first kappa shape index (κ1) is 12.1. The molecule has 0 aromatic carbocycles. The Hall–Kier alpha value is -0.910. The molecule has 18 heavy (non-hydrogen) atoms. The third kappa shape index (κ3) is 2.91. The lowest BCUT2D eigenvalue weighted by atomic mass is 10.3. The van der Waals surface area contributed by atoms with Crippen LogP contribution in [0.2, 0.25) is 0 Å². The van der Waals surface area contributed by atoms with Gasteiger partial charge in [-0.25, -0.2) is 4.98 Å². The van der Waals surface area contributed by atoms with Gasteiger partial charge in [-0.15, -0.1) is 0 Å². The quantitative estimate of drug-likeness (QED) is 0.805. The highest BCUT2D eigenvalue weighted by molar-refractivity contribution is 4.97. The molecule has 0 spiro atoms. The molecule has 0 bridgehead atoms. The maximum atomic E-state index is 5.54. The molecule has 5 nitrogen and oxygen atoms in total. The molecule has 0 amide bonds. The van der Waals surface area contributed by atoms with Gasteiger partial charge in [0.05, 0.1) is 12.0 Å². The standard InChI is InChI=1S/C13H23N5/c14-3-4-17-10-12(15-11-17)9-16-5-7-18(8-6-16)13-1-2-13/h10-11,13H,1-9,14H2. The SMILES string of the molecule is NCCn1cnc(CN2CCN(C3CC3)CC2)c1. The number of hydrogen-bond acceptors (Lipinski definition) is 4. The second kappa shape index (κ2) is 5.38. The van der Waals surface area contributed by atoms with E-state index in [2.05, 4.69) is 25.5 Å². The van der Waals surface area contributed by atoms with Gasteiger partial charge < -0.3 is 10.3 Å². The van der Waals surface area contributed by atoms with Crippen molar-refractivity contribution >= 4 is 0 Å². The van der Waals surface area contributed by atoms with Gasteiger partial charge in [0, 0.05) is 58.1 Å². The highest BCUT2D eigenvalue weighted by Crippen LogP contribution is 2.27. The van der Waals surface area contributed by atoms with Crippen LogP contribution >= 0.6 is 0 Å². The van der Waals surface area contributed by atoms with E-state index in [1.165, 1.54) is 44.7 Å². The first-order chi connectivity index (χ1) is 8.85. The molecule has 0 unspecified atom stereocenters. The minimum Gasteiger partial charge on any atom is -0.336 e. The molecule has 2 fully saturated rings. The summed E-state index contributed by atoms with van der Waals surface area (Å²) in [6, 6.07) is 0.913. The largest absolute Gasteiger partial charge is 0.336 e. The average Bonchev–Trinajstić information content (AvgIpc) is 3.14. The molecule has 2 aliphatic rings. The fourth-order valence-electron chi connectivity index (χ4n) is 2.71. The topological polar surface area (TPSA) is 50.3 Å². The molecular formula is C13H23N5. The van der Waals surface area contributed by atoms with Crippen molar-refractivity contribution in [1.29, 1.82) is 0 Å². The number of aromatic nitrogens is 2. The molecule has 1 saturated carbocycles. The Balaban J connectivity index is 1.47. The summed E-state index contributed by atoms with van der Waals surface area (Å²) in [5.41, 5.74) is 6.71. The van der Waals surface area contributed by atoms with Crippen LogP contribution in [0, 0.1) is 0 Å². The fraction of sp³-hybridized carbons (Fsp3) is 0.769. The number of nitrogens with zero attached hydrogens (tertiary/aromatic N) is 4. The summed E-state index contributed by atoms with van der Waals surface area (Å²) >= 11 is 0. The first-order valence-electron chi connectivity index (χ1n) is 7.02. The highest BCUT2D eigenvalue weighted by atomic mass is 15.3. The molecule has 0 atom stereocenters. The predicted molar refractivity (Wildman–Crippen MR) is 71.2 cm³/mol. The molecule has 100 valence electrons. The van der Waals surface area contributed by atoms with Crippen molar-refractivity contribution in [2.24, 2.45) is 5.73 Å². The molecule has 1 saturated heterocycles. The molecular weight excluding hydrogens is 226 g/mol. The Morgan fingerprint density at radius 1 is 1.22 bits per heavy atom. The van der Waals surface area contributed by atoms with Crippen molar-refractivity contribution in [3.8, 4) is 0 Å². The Morgan fingerprint density at radius 2 is 2.00 bits per heavy atom. The zero-order valence-corrected chi connectivity index (χ0v) is 11.0. The van der Waals surface area contributed by atoms with Crippen LogP contribution in [0.4, 0.5) is 0 Å². The summed E-state index contributed by atoms with van der Waals surface area (Å²) in [6.07, 6.45) is 6.86. The molecule has 0 radical (unpaired) electrons. The van der Waals surface area contributed by atoms with E-state index in [4.69, 9.17) is 5.73 Å². The van der Waals surface area contributed by atoms with Crippen LogP contribution in [0.25, 0.3) is 0 Å². The van der Waals surface area contributed by atoms with Gasteiger partial charge in [0.1, 0.15) is 0 Å². The summed E-state index contributed by atoms with van der Waals surface area (Å²) in [5, 5.41) is 0. The molecule has 1 aromatic heterocycles. The minimum atomic E-state index is 0.676. The Kier molecular flexibility index (Phi) is 3.63. The van der Waals surface area contributed by atoms with E-state index in [1.54, 1.807) is 0 Å². The van der Waals surface area contributed by atoms with Crippen LogP contribution < -0.4 is 5.73 Å². The van der Waals surface area contributed by atoms with Gasteiger partial charge in [-0.3, -0.25) is 9.80 Å². The average molecular weight is 249 g/mol. The van der Waals surface area contributed by atoms with E-state index in [-0.39, 0.29) is 0 Å². The Morgan fingerprint density at radius 3 is 2.67 bits per heavy atom. The van der Waals surface area contributed by atoms with E-state index in [0.717, 1.165) is 19.1 Å². The fourth-order valence-corrected chi connectivity index (χ4v) is 2.71. The van der Waals surface area contributed by atoms with Crippen molar-refractivity contribution < 1.29 is 0 Å². The Bertz CT molecular complexity index is 376. The second-order valence-corrected chi connectivity index (χ2v) is 5.43. The normalized spacial score (nSPS) is 22.5. The third-order valence-electron chi connectivity index (χ3n) is 3.93. The van der Waals surface area contributed by atoms with Crippen LogP contribution in [-0.2, 0) is 13.1 Å². The van der Waals surface area contributed by atoms with Crippen molar-refractivity contribution in [2.75, 3.05) is 32.7 Å². The van der Waals surface area contributed by atoms with E-state index in [1.807, 2.05) is 6.33 Å². The van der Waals surface area contributed by atoms with Crippen LogP contribution in [0.5, 0.6) is 0 Å². The lowest BCUT2D eigenvalue weighted by Gasteiger charge is -2.34. The van der Waals surface area contributed by atoms with E-state index in [9.17, 15) is 0 Å².